The van der Waals surface area contributed by atoms with Crippen LogP contribution in [0.25, 0.3) is 0 Å². The average Bonchev–Trinajstić information content (AvgIpc) is 3.48. The maximum Gasteiger partial charge on any atom is 0.282 e. The zero-order chi connectivity index (χ0) is 23.8. The van der Waals surface area contributed by atoms with Crippen LogP contribution in [0, 0.1) is 17.8 Å². The van der Waals surface area contributed by atoms with Crippen LogP contribution in [-0.4, -0.2) is 36.3 Å². The molecule has 1 N–H and O–H groups in total. The van der Waals surface area contributed by atoms with Gasteiger partial charge < -0.3 is 4.74 Å². The molecule has 2 heterocycles. The summed E-state index contributed by atoms with van der Waals surface area (Å²) < 4.78 is 5.61. The summed E-state index contributed by atoms with van der Waals surface area (Å²) in [7, 11) is 0. The van der Waals surface area contributed by atoms with Crippen molar-refractivity contribution in [2.24, 2.45) is 22.9 Å². The van der Waals surface area contributed by atoms with Crippen molar-refractivity contribution in [3.05, 3.63) is 58.1 Å². The number of hydrazine groups is 1. The van der Waals surface area contributed by atoms with Crippen LogP contribution in [0.3, 0.4) is 0 Å². The Morgan fingerprint density at radius 3 is 2.47 bits per heavy atom. The Morgan fingerprint density at radius 2 is 1.82 bits per heavy atom. The van der Waals surface area contributed by atoms with Gasteiger partial charge in [0.15, 0.2) is 0 Å². The number of rotatable bonds is 6. The molecular formula is C26H30Cl2N4O2. The highest BCUT2D eigenvalue weighted by molar-refractivity contribution is 6.41. The van der Waals surface area contributed by atoms with Gasteiger partial charge in [-0.2, -0.15) is 5.10 Å². The van der Waals surface area contributed by atoms with E-state index in [9.17, 15) is 4.79 Å². The molecule has 1 saturated heterocycles. The zero-order valence-electron chi connectivity index (χ0n) is 19.5. The first-order valence-corrected chi connectivity index (χ1v) is 12.8. The number of benzene rings is 2. The number of halogens is 2. The van der Waals surface area contributed by atoms with Gasteiger partial charge in [-0.15, -0.1) is 0 Å². The van der Waals surface area contributed by atoms with Gasteiger partial charge in [0.2, 0.25) is 0 Å². The second kappa shape index (κ2) is 9.76. The summed E-state index contributed by atoms with van der Waals surface area (Å²) in [6, 6.07) is 13.1. The van der Waals surface area contributed by atoms with Gasteiger partial charge in [0.05, 0.1) is 23.4 Å². The molecule has 4 atom stereocenters. The van der Waals surface area contributed by atoms with Crippen LogP contribution in [0.5, 0.6) is 5.75 Å². The zero-order valence-corrected chi connectivity index (χ0v) is 21.0. The lowest BCUT2D eigenvalue weighted by molar-refractivity contribution is -0.119. The molecule has 2 aromatic rings. The van der Waals surface area contributed by atoms with Crippen LogP contribution in [0.4, 0.5) is 5.69 Å². The van der Waals surface area contributed by atoms with E-state index in [1.165, 1.54) is 19.3 Å². The van der Waals surface area contributed by atoms with E-state index in [0.717, 1.165) is 30.1 Å². The minimum absolute atomic E-state index is 0.143. The molecule has 0 bridgehead atoms. The maximum atomic E-state index is 13.4. The molecule has 0 radical (unpaired) electrons. The lowest BCUT2D eigenvalue weighted by atomic mass is 9.91. The lowest BCUT2D eigenvalue weighted by Gasteiger charge is -2.28. The molecule has 1 aliphatic carbocycles. The molecule has 5 rings (SSSR count). The van der Waals surface area contributed by atoms with Crippen LogP contribution < -0.4 is 15.2 Å². The number of hydrogen-bond donors (Lipinski definition) is 1. The summed E-state index contributed by atoms with van der Waals surface area (Å²) in [5.74, 6) is 1.92. The van der Waals surface area contributed by atoms with Crippen LogP contribution in [0.1, 0.15) is 44.7 Å². The number of amides is 1. The van der Waals surface area contributed by atoms with E-state index in [0.29, 0.717) is 34.2 Å². The van der Waals surface area contributed by atoms with Crippen molar-refractivity contribution in [3.63, 3.8) is 0 Å². The first-order chi connectivity index (χ1) is 16.4. The van der Waals surface area contributed by atoms with Gasteiger partial charge in [0.1, 0.15) is 11.5 Å². The van der Waals surface area contributed by atoms with Crippen molar-refractivity contribution in [3.8, 4) is 5.75 Å². The van der Waals surface area contributed by atoms with Crippen LogP contribution in [-0.2, 0) is 4.79 Å². The fourth-order valence-electron chi connectivity index (χ4n) is 5.64. The van der Waals surface area contributed by atoms with Gasteiger partial charge in [-0.3, -0.25) is 15.2 Å². The van der Waals surface area contributed by atoms with E-state index in [-0.39, 0.29) is 17.9 Å². The summed E-state index contributed by atoms with van der Waals surface area (Å²) in [5.41, 5.74) is 5.39. The topological polar surface area (TPSA) is 57.2 Å². The Morgan fingerprint density at radius 1 is 1.12 bits per heavy atom. The Balaban J connectivity index is 1.43. The third kappa shape index (κ3) is 4.51. The number of nitrogens with one attached hydrogen (secondary N) is 1. The fraction of sp³-hybridized carbons (Fsp3) is 0.462. The molecule has 3 aliphatic rings. The number of hydrazone groups is 1. The lowest BCUT2D eigenvalue weighted by Crippen LogP contribution is -2.45. The number of fused-ring (bicyclic) bond motifs is 1. The van der Waals surface area contributed by atoms with Crippen molar-refractivity contribution in [2.75, 3.05) is 24.7 Å². The quantitative estimate of drug-likeness (QED) is 0.551. The highest BCUT2D eigenvalue weighted by Crippen LogP contribution is 2.43. The predicted molar refractivity (Wildman–Crippen MR) is 136 cm³/mol. The number of anilines is 1. The van der Waals surface area contributed by atoms with E-state index in [1.807, 2.05) is 49.2 Å². The van der Waals surface area contributed by atoms with Gasteiger partial charge in [-0.05, 0) is 67.5 Å². The molecule has 8 heteroatoms. The number of carbonyl (C=O) groups excluding carboxylic acids is 1. The first kappa shape index (κ1) is 23.5. The van der Waals surface area contributed by atoms with E-state index >= 15 is 0 Å². The van der Waals surface area contributed by atoms with Crippen molar-refractivity contribution in [2.45, 2.75) is 39.2 Å². The van der Waals surface area contributed by atoms with Crippen LogP contribution in [0.2, 0.25) is 10.0 Å². The van der Waals surface area contributed by atoms with Gasteiger partial charge >= 0.3 is 0 Å². The SMILES string of the molecule is CCOc1ccc([C@H]2[C@@H](C)C(C(=O)NN3CC4CCCC4C3)=NN2c2ccc(Cl)cc2Cl)cc1. The van der Waals surface area contributed by atoms with Crippen molar-refractivity contribution in [1.29, 1.82) is 0 Å². The van der Waals surface area contributed by atoms with Crippen molar-refractivity contribution in [1.82, 2.24) is 10.4 Å². The fourth-order valence-corrected chi connectivity index (χ4v) is 6.13. The maximum absolute atomic E-state index is 13.4. The highest BCUT2D eigenvalue weighted by Gasteiger charge is 2.42. The molecule has 0 spiro atoms. The molecule has 1 amide bonds. The van der Waals surface area contributed by atoms with Gasteiger partial charge in [0.25, 0.3) is 5.91 Å². The highest BCUT2D eigenvalue weighted by atomic mass is 35.5. The van der Waals surface area contributed by atoms with Crippen molar-refractivity contribution < 1.29 is 9.53 Å². The second-order valence-corrected chi connectivity index (χ2v) is 10.3. The minimum Gasteiger partial charge on any atom is -0.494 e. The molecule has 2 aliphatic heterocycles. The number of carbonyl (C=O) groups is 1. The minimum atomic E-state index is -0.187. The van der Waals surface area contributed by atoms with Crippen molar-refractivity contribution >= 4 is 40.5 Å². The average molecular weight is 501 g/mol. The monoisotopic (exact) mass is 500 g/mol. The molecule has 1 saturated carbocycles. The number of nitrogens with zero attached hydrogens (tertiary/aromatic N) is 3. The number of ether oxygens (including phenoxy) is 1. The summed E-state index contributed by atoms with van der Waals surface area (Å²) in [6.45, 7) is 6.46. The molecule has 180 valence electrons. The third-order valence-electron chi connectivity index (χ3n) is 7.29. The van der Waals surface area contributed by atoms with Gasteiger partial charge in [-0.25, -0.2) is 5.01 Å². The molecule has 0 aromatic heterocycles. The van der Waals surface area contributed by atoms with Gasteiger partial charge in [-0.1, -0.05) is 48.7 Å². The Kier molecular flexibility index (Phi) is 6.74. The smallest absolute Gasteiger partial charge is 0.282 e. The summed E-state index contributed by atoms with van der Waals surface area (Å²) >= 11 is 12.7. The molecule has 34 heavy (non-hydrogen) atoms. The standard InChI is InChI=1S/C26H30Cl2N4O2/c1-3-34-21-10-7-17(8-11-21)25-16(2)24(29-32(25)23-12-9-20(27)13-22(23)28)26(33)30-31-14-18-5-4-6-19(18)15-31/h7-13,16,18-19,25H,3-6,14-15H2,1-2H3,(H,30,33)/t16-,18?,19?,25+/m0/s1. The van der Waals surface area contributed by atoms with Crippen LogP contribution in [0.15, 0.2) is 47.6 Å². The molecule has 2 aromatic carbocycles. The third-order valence-corrected chi connectivity index (χ3v) is 7.83. The van der Waals surface area contributed by atoms with E-state index in [1.54, 1.807) is 12.1 Å². The Bertz CT molecular complexity index is 1080. The van der Waals surface area contributed by atoms with Gasteiger partial charge in [0, 0.05) is 24.0 Å². The normalized spacial score (nSPS) is 26.5. The molecule has 2 unspecified atom stereocenters. The first-order valence-electron chi connectivity index (χ1n) is 12.1. The Labute approximate surface area is 210 Å². The van der Waals surface area contributed by atoms with E-state index < -0.39 is 0 Å². The summed E-state index contributed by atoms with van der Waals surface area (Å²) in [5, 5.41) is 9.80. The largest absolute Gasteiger partial charge is 0.494 e. The molecule has 2 fully saturated rings. The van der Waals surface area contributed by atoms with Crippen LogP contribution >= 0.6 is 23.2 Å². The van der Waals surface area contributed by atoms with E-state index in [4.69, 9.17) is 33.0 Å². The second-order valence-electron chi connectivity index (χ2n) is 9.46. The molecule has 6 nitrogen and oxygen atoms in total. The van der Waals surface area contributed by atoms with E-state index in [2.05, 4.69) is 10.4 Å². The Hall–Kier alpha value is -2.28. The predicted octanol–water partition coefficient (Wildman–Crippen LogP) is 5.71. The summed E-state index contributed by atoms with van der Waals surface area (Å²) in [6.07, 6.45) is 3.83. The number of hydrogen-bond acceptors (Lipinski definition) is 5. The summed E-state index contributed by atoms with van der Waals surface area (Å²) in [4.78, 5) is 13.4. The molecular weight excluding hydrogens is 471 g/mol.